The van der Waals surface area contributed by atoms with Crippen molar-refractivity contribution in [3.63, 3.8) is 0 Å². The maximum Gasteiger partial charge on any atom is 0.125 e. The van der Waals surface area contributed by atoms with Crippen molar-refractivity contribution < 1.29 is 4.39 Å². The van der Waals surface area contributed by atoms with Crippen molar-refractivity contribution in [3.05, 3.63) is 24.0 Å². The monoisotopic (exact) mass is 186 g/mol. The number of anilines is 1. The molecule has 0 spiro atoms. The molecule has 0 aliphatic carbocycles. The summed E-state index contributed by atoms with van der Waals surface area (Å²) >= 11 is 1.54. The van der Waals surface area contributed by atoms with Crippen LogP contribution in [0.4, 0.5) is 10.1 Å². The molecule has 1 rings (SSSR count). The fraction of sp³-hybridized carbons (Fsp3) is 0.250. The molecule has 66 valence electrons. The van der Waals surface area contributed by atoms with E-state index in [0.717, 1.165) is 10.6 Å². The second-order valence-corrected chi connectivity index (χ2v) is 3.46. The van der Waals surface area contributed by atoms with Gasteiger partial charge in [-0.05, 0) is 18.2 Å². The molecular formula is C8H11FN2S. The lowest BCUT2D eigenvalue weighted by Gasteiger charge is -2.03. The van der Waals surface area contributed by atoms with Crippen LogP contribution in [-0.4, -0.2) is 12.3 Å². The van der Waals surface area contributed by atoms with Crippen LogP contribution in [0.5, 0.6) is 0 Å². The van der Waals surface area contributed by atoms with Gasteiger partial charge in [0.05, 0.1) is 0 Å². The van der Waals surface area contributed by atoms with Crippen LogP contribution in [0.15, 0.2) is 23.1 Å². The summed E-state index contributed by atoms with van der Waals surface area (Å²) in [7, 11) is 0. The van der Waals surface area contributed by atoms with Crippen molar-refractivity contribution in [1.82, 2.24) is 0 Å². The molecule has 0 atom stereocenters. The Morgan fingerprint density at radius 2 is 2.17 bits per heavy atom. The predicted molar refractivity (Wildman–Crippen MR) is 50.6 cm³/mol. The van der Waals surface area contributed by atoms with E-state index in [2.05, 4.69) is 0 Å². The molecule has 0 heterocycles. The van der Waals surface area contributed by atoms with E-state index < -0.39 is 0 Å². The van der Waals surface area contributed by atoms with Gasteiger partial charge in [-0.3, -0.25) is 0 Å². The normalized spacial score (nSPS) is 10.2. The van der Waals surface area contributed by atoms with E-state index in [1.54, 1.807) is 6.07 Å². The largest absolute Gasteiger partial charge is 0.398 e. The van der Waals surface area contributed by atoms with Gasteiger partial charge < -0.3 is 11.5 Å². The Morgan fingerprint density at radius 3 is 2.75 bits per heavy atom. The maximum absolute atomic E-state index is 12.6. The molecule has 4 N–H and O–H groups in total. The highest BCUT2D eigenvalue weighted by atomic mass is 32.2. The number of rotatable bonds is 3. The third kappa shape index (κ3) is 2.39. The molecule has 1 aromatic carbocycles. The maximum atomic E-state index is 12.6. The molecule has 0 bridgehead atoms. The highest BCUT2D eigenvalue weighted by molar-refractivity contribution is 7.99. The predicted octanol–water partition coefficient (Wildman–Crippen LogP) is 1.46. The first kappa shape index (κ1) is 9.35. The average Bonchev–Trinajstić information content (AvgIpc) is 2.03. The Kier molecular flexibility index (Phi) is 3.37. The van der Waals surface area contributed by atoms with Crippen molar-refractivity contribution in [2.45, 2.75) is 4.90 Å². The number of hydrogen-bond donors (Lipinski definition) is 2. The van der Waals surface area contributed by atoms with Crippen molar-refractivity contribution in [3.8, 4) is 0 Å². The minimum absolute atomic E-state index is 0.301. The molecule has 0 fully saturated rings. The quantitative estimate of drug-likeness (QED) is 0.555. The van der Waals surface area contributed by atoms with Gasteiger partial charge in [0.15, 0.2) is 0 Å². The van der Waals surface area contributed by atoms with E-state index in [1.807, 2.05) is 0 Å². The summed E-state index contributed by atoms with van der Waals surface area (Å²) in [5.41, 5.74) is 11.4. The molecule has 0 saturated carbocycles. The van der Waals surface area contributed by atoms with Crippen LogP contribution >= 0.6 is 11.8 Å². The minimum Gasteiger partial charge on any atom is -0.398 e. The van der Waals surface area contributed by atoms with E-state index in [-0.39, 0.29) is 5.82 Å². The SMILES string of the molecule is NCCSc1ccc(F)cc1N. The first-order valence-corrected chi connectivity index (χ1v) is 4.60. The average molecular weight is 186 g/mol. The number of hydrogen-bond acceptors (Lipinski definition) is 3. The Labute approximate surface area is 75.1 Å². The van der Waals surface area contributed by atoms with E-state index >= 15 is 0 Å². The van der Waals surface area contributed by atoms with Crippen LogP contribution in [-0.2, 0) is 0 Å². The van der Waals surface area contributed by atoms with Gasteiger partial charge in [0.2, 0.25) is 0 Å². The van der Waals surface area contributed by atoms with Gasteiger partial charge in [-0.1, -0.05) is 0 Å². The fourth-order valence-electron chi connectivity index (χ4n) is 0.820. The zero-order valence-corrected chi connectivity index (χ0v) is 7.40. The zero-order valence-electron chi connectivity index (χ0n) is 6.59. The minimum atomic E-state index is -0.301. The van der Waals surface area contributed by atoms with Crippen molar-refractivity contribution in [2.24, 2.45) is 5.73 Å². The van der Waals surface area contributed by atoms with Gasteiger partial charge in [-0.25, -0.2) is 4.39 Å². The first-order valence-electron chi connectivity index (χ1n) is 3.62. The molecule has 0 aromatic heterocycles. The summed E-state index contributed by atoms with van der Waals surface area (Å²) in [6, 6.07) is 4.39. The fourth-order valence-corrected chi connectivity index (χ4v) is 1.55. The van der Waals surface area contributed by atoms with E-state index in [1.165, 1.54) is 23.9 Å². The van der Waals surface area contributed by atoms with Gasteiger partial charge >= 0.3 is 0 Å². The number of halogens is 1. The van der Waals surface area contributed by atoms with E-state index in [0.29, 0.717) is 12.2 Å². The van der Waals surface area contributed by atoms with Gasteiger partial charge in [-0.15, -0.1) is 11.8 Å². The molecule has 0 amide bonds. The topological polar surface area (TPSA) is 52.0 Å². The Morgan fingerprint density at radius 1 is 1.42 bits per heavy atom. The van der Waals surface area contributed by atoms with Gasteiger partial charge in [0, 0.05) is 22.9 Å². The van der Waals surface area contributed by atoms with Crippen molar-refractivity contribution in [2.75, 3.05) is 18.0 Å². The van der Waals surface area contributed by atoms with Crippen LogP contribution in [0, 0.1) is 5.82 Å². The van der Waals surface area contributed by atoms with Crippen molar-refractivity contribution >= 4 is 17.4 Å². The molecule has 2 nitrogen and oxygen atoms in total. The summed E-state index contributed by atoms with van der Waals surface area (Å²) in [5.74, 6) is 0.500. The summed E-state index contributed by atoms with van der Waals surface area (Å²) in [5, 5.41) is 0. The summed E-state index contributed by atoms with van der Waals surface area (Å²) in [4.78, 5) is 0.891. The summed E-state index contributed by atoms with van der Waals surface area (Å²) in [6.07, 6.45) is 0. The number of nitrogens with two attached hydrogens (primary N) is 2. The van der Waals surface area contributed by atoms with Crippen LogP contribution in [0.25, 0.3) is 0 Å². The van der Waals surface area contributed by atoms with Crippen LogP contribution in [0.2, 0.25) is 0 Å². The van der Waals surface area contributed by atoms with Crippen LogP contribution in [0.1, 0.15) is 0 Å². The highest BCUT2D eigenvalue weighted by Crippen LogP contribution is 2.24. The standard InChI is InChI=1S/C8H11FN2S/c9-6-1-2-8(7(11)5-6)12-4-3-10/h1-2,5H,3-4,10-11H2. The second-order valence-electron chi connectivity index (χ2n) is 2.32. The number of nitrogen functional groups attached to an aromatic ring is 1. The van der Waals surface area contributed by atoms with E-state index in [9.17, 15) is 4.39 Å². The third-order valence-electron chi connectivity index (χ3n) is 1.35. The van der Waals surface area contributed by atoms with Gasteiger partial charge in [0.25, 0.3) is 0 Å². The molecule has 1 aromatic rings. The molecule has 0 aliphatic rings. The lowest BCUT2D eigenvalue weighted by atomic mass is 10.3. The Hall–Kier alpha value is -0.740. The lowest BCUT2D eigenvalue weighted by Crippen LogP contribution is -2.01. The van der Waals surface area contributed by atoms with Gasteiger partial charge in [0.1, 0.15) is 5.82 Å². The first-order chi connectivity index (χ1) is 5.74. The lowest BCUT2D eigenvalue weighted by molar-refractivity contribution is 0.627. The number of thioether (sulfide) groups is 1. The Balaban J connectivity index is 2.72. The molecule has 0 aliphatic heterocycles. The van der Waals surface area contributed by atoms with Crippen LogP contribution in [0.3, 0.4) is 0 Å². The zero-order chi connectivity index (χ0) is 8.97. The molecule has 12 heavy (non-hydrogen) atoms. The molecule has 0 radical (unpaired) electrons. The van der Waals surface area contributed by atoms with Crippen molar-refractivity contribution in [1.29, 1.82) is 0 Å². The number of benzene rings is 1. The Bertz CT molecular complexity index is 265. The second kappa shape index (κ2) is 4.33. The molecule has 0 saturated heterocycles. The van der Waals surface area contributed by atoms with E-state index in [4.69, 9.17) is 11.5 Å². The molecule has 0 unspecified atom stereocenters. The third-order valence-corrected chi connectivity index (χ3v) is 2.47. The molecular weight excluding hydrogens is 175 g/mol. The summed E-state index contributed by atoms with van der Waals surface area (Å²) in [6.45, 7) is 0.599. The highest BCUT2D eigenvalue weighted by Gasteiger charge is 1.99. The van der Waals surface area contributed by atoms with Gasteiger partial charge in [-0.2, -0.15) is 0 Å². The smallest absolute Gasteiger partial charge is 0.125 e. The molecule has 4 heteroatoms. The van der Waals surface area contributed by atoms with Crippen LogP contribution < -0.4 is 11.5 Å². The summed E-state index contributed by atoms with van der Waals surface area (Å²) < 4.78 is 12.6.